The Morgan fingerprint density at radius 3 is 2.38 bits per heavy atom. The van der Waals surface area contributed by atoms with Crippen molar-refractivity contribution < 1.29 is 10.2 Å². The molecule has 0 heterocycles. The first-order valence-corrected chi connectivity index (χ1v) is 5.20. The van der Waals surface area contributed by atoms with Gasteiger partial charge in [-0.1, -0.05) is 20.8 Å². The van der Waals surface area contributed by atoms with E-state index in [0.29, 0.717) is 12.3 Å². The van der Waals surface area contributed by atoms with Crippen LogP contribution >= 0.6 is 0 Å². The Bertz CT molecular complexity index is 177. The van der Waals surface area contributed by atoms with Gasteiger partial charge < -0.3 is 10.2 Å². The largest absolute Gasteiger partial charge is 0.396 e. The number of aliphatic hydroxyl groups is 2. The maximum Gasteiger partial charge on any atom is 0.0677 e. The van der Waals surface area contributed by atoms with Gasteiger partial charge in [0, 0.05) is 6.61 Å². The van der Waals surface area contributed by atoms with E-state index in [1.54, 1.807) is 0 Å². The van der Waals surface area contributed by atoms with Crippen molar-refractivity contribution in [3.05, 3.63) is 0 Å². The van der Waals surface area contributed by atoms with Crippen LogP contribution < -0.4 is 0 Å². The molecule has 1 rings (SSSR count). The van der Waals surface area contributed by atoms with Gasteiger partial charge in [-0.15, -0.1) is 0 Å². The van der Waals surface area contributed by atoms with Crippen LogP contribution in [0.3, 0.4) is 0 Å². The van der Waals surface area contributed by atoms with Gasteiger partial charge >= 0.3 is 0 Å². The van der Waals surface area contributed by atoms with Crippen LogP contribution in [0.2, 0.25) is 0 Å². The van der Waals surface area contributed by atoms with Crippen molar-refractivity contribution in [2.75, 3.05) is 6.61 Å². The molecule has 2 nitrogen and oxygen atoms in total. The van der Waals surface area contributed by atoms with E-state index < -0.39 is 5.60 Å². The minimum absolute atomic E-state index is 0.0965. The standard InChI is InChI=1S/C11H22O2/c1-9-6-10(2,3)8-11(13,7-9)4-5-12/h9,12-13H,4-8H2,1-3H3. The third kappa shape index (κ3) is 2.96. The average molecular weight is 186 g/mol. The molecule has 1 aliphatic rings. The Balaban J connectivity index is 2.66. The normalized spacial score (nSPS) is 39.0. The van der Waals surface area contributed by atoms with Gasteiger partial charge in [0.05, 0.1) is 5.60 Å². The van der Waals surface area contributed by atoms with Gasteiger partial charge in [0.2, 0.25) is 0 Å². The lowest BCUT2D eigenvalue weighted by atomic mass is 9.65. The van der Waals surface area contributed by atoms with Gasteiger partial charge in [-0.3, -0.25) is 0 Å². The Morgan fingerprint density at radius 2 is 1.92 bits per heavy atom. The highest BCUT2D eigenvalue weighted by atomic mass is 16.3. The molecular weight excluding hydrogens is 164 g/mol. The van der Waals surface area contributed by atoms with E-state index in [1.807, 2.05) is 0 Å². The van der Waals surface area contributed by atoms with Crippen LogP contribution in [0.4, 0.5) is 0 Å². The molecule has 0 spiro atoms. The van der Waals surface area contributed by atoms with Crippen LogP contribution in [-0.4, -0.2) is 22.4 Å². The van der Waals surface area contributed by atoms with Gasteiger partial charge in [0.1, 0.15) is 0 Å². The van der Waals surface area contributed by atoms with Crippen LogP contribution in [-0.2, 0) is 0 Å². The fourth-order valence-corrected chi connectivity index (χ4v) is 3.10. The summed E-state index contributed by atoms with van der Waals surface area (Å²) in [4.78, 5) is 0. The molecule has 1 fully saturated rings. The molecule has 2 N–H and O–H groups in total. The fraction of sp³-hybridized carbons (Fsp3) is 1.00. The predicted molar refractivity (Wildman–Crippen MR) is 53.4 cm³/mol. The maximum atomic E-state index is 10.2. The van der Waals surface area contributed by atoms with E-state index in [0.717, 1.165) is 12.8 Å². The second-order valence-corrected chi connectivity index (χ2v) is 5.55. The van der Waals surface area contributed by atoms with Gasteiger partial charge in [0.15, 0.2) is 0 Å². The molecule has 0 aromatic rings. The van der Waals surface area contributed by atoms with Gasteiger partial charge in [-0.25, -0.2) is 0 Å². The Hall–Kier alpha value is -0.0800. The first kappa shape index (κ1) is 11.0. The van der Waals surface area contributed by atoms with E-state index in [1.165, 1.54) is 6.42 Å². The Morgan fingerprint density at radius 1 is 1.31 bits per heavy atom. The highest BCUT2D eigenvalue weighted by Crippen LogP contribution is 2.44. The van der Waals surface area contributed by atoms with Gasteiger partial charge in [0.25, 0.3) is 0 Å². The Labute approximate surface area is 81.0 Å². The summed E-state index contributed by atoms with van der Waals surface area (Å²) in [5.41, 5.74) is -0.391. The van der Waals surface area contributed by atoms with Crippen LogP contribution in [0.5, 0.6) is 0 Å². The summed E-state index contributed by atoms with van der Waals surface area (Å²) in [6.07, 6.45) is 3.38. The predicted octanol–water partition coefficient (Wildman–Crippen LogP) is 1.95. The van der Waals surface area contributed by atoms with Crippen molar-refractivity contribution >= 4 is 0 Å². The molecule has 1 aliphatic carbocycles. The second kappa shape index (κ2) is 3.58. The zero-order valence-corrected chi connectivity index (χ0v) is 9.01. The molecule has 13 heavy (non-hydrogen) atoms. The third-order valence-electron chi connectivity index (χ3n) is 3.01. The molecule has 0 radical (unpaired) electrons. The topological polar surface area (TPSA) is 40.5 Å². The van der Waals surface area contributed by atoms with E-state index in [9.17, 15) is 5.11 Å². The maximum absolute atomic E-state index is 10.2. The van der Waals surface area contributed by atoms with Crippen molar-refractivity contribution in [2.45, 2.75) is 52.1 Å². The van der Waals surface area contributed by atoms with Crippen molar-refractivity contribution in [2.24, 2.45) is 11.3 Å². The fourth-order valence-electron chi connectivity index (χ4n) is 3.10. The highest BCUT2D eigenvalue weighted by Gasteiger charge is 2.40. The molecule has 0 aliphatic heterocycles. The minimum Gasteiger partial charge on any atom is -0.396 e. The van der Waals surface area contributed by atoms with E-state index in [2.05, 4.69) is 20.8 Å². The van der Waals surface area contributed by atoms with Crippen LogP contribution in [0.15, 0.2) is 0 Å². The van der Waals surface area contributed by atoms with Crippen LogP contribution in [0.25, 0.3) is 0 Å². The lowest BCUT2D eigenvalue weighted by molar-refractivity contribution is -0.0711. The summed E-state index contributed by atoms with van der Waals surface area (Å²) in [6.45, 7) is 6.68. The van der Waals surface area contributed by atoms with Gasteiger partial charge in [-0.05, 0) is 37.0 Å². The quantitative estimate of drug-likeness (QED) is 0.692. The number of rotatable bonds is 2. The van der Waals surface area contributed by atoms with Crippen LogP contribution in [0.1, 0.15) is 46.5 Å². The molecule has 1 saturated carbocycles. The SMILES string of the molecule is CC1CC(C)(C)CC(O)(CCO)C1. The first-order chi connectivity index (χ1) is 5.87. The molecule has 2 atom stereocenters. The smallest absolute Gasteiger partial charge is 0.0677 e. The summed E-state index contributed by atoms with van der Waals surface area (Å²) in [6, 6.07) is 0. The molecule has 0 aromatic carbocycles. The third-order valence-corrected chi connectivity index (χ3v) is 3.01. The van der Waals surface area contributed by atoms with E-state index >= 15 is 0 Å². The summed E-state index contributed by atoms with van der Waals surface area (Å²) >= 11 is 0. The Kier molecular flexibility index (Phi) is 3.03. The van der Waals surface area contributed by atoms with E-state index in [-0.39, 0.29) is 12.0 Å². The number of aliphatic hydroxyl groups excluding tert-OH is 1. The van der Waals surface area contributed by atoms with Gasteiger partial charge in [-0.2, -0.15) is 0 Å². The van der Waals surface area contributed by atoms with Crippen molar-refractivity contribution in [1.29, 1.82) is 0 Å². The average Bonchev–Trinajstić information content (AvgIpc) is 1.78. The molecule has 78 valence electrons. The lowest BCUT2D eigenvalue weighted by Crippen LogP contribution is -2.42. The molecule has 2 heteroatoms. The summed E-state index contributed by atoms with van der Waals surface area (Å²) in [7, 11) is 0. The zero-order valence-electron chi connectivity index (χ0n) is 9.01. The molecule has 0 amide bonds. The highest BCUT2D eigenvalue weighted by molar-refractivity contribution is 4.92. The zero-order chi connectivity index (χ0) is 10.1. The monoisotopic (exact) mass is 186 g/mol. The molecule has 0 saturated heterocycles. The minimum atomic E-state index is -0.615. The summed E-state index contributed by atoms with van der Waals surface area (Å²) in [5.74, 6) is 0.570. The summed E-state index contributed by atoms with van der Waals surface area (Å²) in [5, 5.41) is 19.1. The first-order valence-electron chi connectivity index (χ1n) is 5.20. The number of hydrogen-bond donors (Lipinski definition) is 2. The van der Waals surface area contributed by atoms with Crippen LogP contribution in [0, 0.1) is 11.3 Å². The van der Waals surface area contributed by atoms with Crippen molar-refractivity contribution in [1.82, 2.24) is 0 Å². The number of hydrogen-bond acceptors (Lipinski definition) is 2. The second-order valence-electron chi connectivity index (χ2n) is 5.55. The molecule has 0 aromatic heterocycles. The van der Waals surface area contributed by atoms with E-state index in [4.69, 9.17) is 5.11 Å². The van der Waals surface area contributed by atoms with Crippen molar-refractivity contribution in [3.8, 4) is 0 Å². The molecular formula is C11H22O2. The summed E-state index contributed by atoms with van der Waals surface area (Å²) < 4.78 is 0. The lowest BCUT2D eigenvalue weighted by Gasteiger charge is -2.44. The molecule has 2 unspecified atom stereocenters. The van der Waals surface area contributed by atoms with Crippen molar-refractivity contribution in [3.63, 3.8) is 0 Å². The molecule has 0 bridgehead atoms.